The number of nitrogens with one attached hydrogen (secondary N) is 1. The monoisotopic (exact) mass is 302 g/mol. The molecule has 5 heteroatoms. The van der Waals surface area contributed by atoms with E-state index in [2.05, 4.69) is 30.5 Å². The Morgan fingerprint density at radius 2 is 1.70 bits per heavy atom. The zero-order valence-electron chi connectivity index (χ0n) is 13.1. The summed E-state index contributed by atoms with van der Waals surface area (Å²) < 4.78 is 27.7. The summed E-state index contributed by atoms with van der Waals surface area (Å²) >= 11 is 0. The molecule has 20 heavy (non-hydrogen) atoms. The van der Waals surface area contributed by atoms with Crippen molar-refractivity contribution in [1.29, 1.82) is 0 Å². The number of likely N-dealkylation sites (tertiary alicyclic amines) is 1. The zero-order chi connectivity index (χ0) is 14.8. The van der Waals surface area contributed by atoms with Crippen molar-refractivity contribution in [3.05, 3.63) is 0 Å². The summed E-state index contributed by atoms with van der Waals surface area (Å²) in [6, 6.07) is 0. The van der Waals surface area contributed by atoms with Crippen LogP contribution in [-0.4, -0.2) is 45.2 Å². The van der Waals surface area contributed by atoms with E-state index in [-0.39, 0.29) is 5.25 Å². The van der Waals surface area contributed by atoms with Gasteiger partial charge in [0.15, 0.2) is 0 Å². The Balaban J connectivity index is 1.82. The van der Waals surface area contributed by atoms with Crippen LogP contribution in [0, 0.1) is 17.8 Å². The van der Waals surface area contributed by atoms with Gasteiger partial charge in [-0.3, -0.25) is 0 Å². The lowest BCUT2D eigenvalue weighted by Crippen LogP contribution is -2.42. The van der Waals surface area contributed by atoms with Gasteiger partial charge in [-0.2, -0.15) is 0 Å². The van der Waals surface area contributed by atoms with Crippen molar-refractivity contribution in [2.24, 2.45) is 17.8 Å². The SMILES string of the molecule is CC1CCC(S(=O)(=O)NCC2CCN(C)CC2)CC1C. The Hall–Kier alpha value is -0.130. The molecule has 0 aromatic rings. The largest absolute Gasteiger partial charge is 0.306 e. The van der Waals surface area contributed by atoms with Crippen LogP contribution in [-0.2, 0) is 10.0 Å². The predicted octanol–water partition coefficient (Wildman–Crippen LogP) is 2.07. The van der Waals surface area contributed by atoms with Crippen LogP contribution in [0.25, 0.3) is 0 Å². The third-order valence-corrected chi connectivity index (χ3v) is 7.28. The molecule has 1 saturated heterocycles. The normalized spacial score (nSPS) is 34.2. The Labute approximate surface area is 124 Å². The van der Waals surface area contributed by atoms with Crippen LogP contribution in [0.15, 0.2) is 0 Å². The molecule has 3 unspecified atom stereocenters. The van der Waals surface area contributed by atoms with E-state index in [1.807, 2.05) is 0 Å². The highest BCUT2D eigenvalue weighted by Crippen LogP contribution is 2.32. The van der Waals surface area contributed by atoms with Gasteiger partial charge in [0.25, 0.3) is 0 Å². The molecule has 2 rings (SSSR count). The van der Waals surface area contributed by atoms with Gasteiger partial charge in [0.2, 0.25) is 10.0 Å². The topological polar surface area (TPSA) is 49.4 Å². The average molecular weight is 302 g/mol. The maximum atomic E-state index is 12.4. The third kappa shape index (κ3) is 4.18. The summed E-state index contributed by atoms with van der Waals surface area (Å²) in [5.74, 6) is 1.70. The molecule has 1 saturated carbocycles. The molecule has 0 spiro atoms. The molecule has 118 valence electrons. The highest BCUT2D eigenvalue weighted by atomic mass is 32.2. The van der Waals surface area contributed by atoms with E-state index in [0.717, 1.165) is 45.2 Å². The van der Waals surface area contributed by atoms with Gasteiger partial charge < -0.3 is 4.90 Å². The number of nitrogens with zero attached hydrogens (tertiary/aromatic N) is 1. The van der Waals surface area contributed by atoms with Crippen LogP contribution >= 0.6 is 0 Å². The molecular weight excluding hydrogens is 272 g/mol. The van der Waals surface area contributed by atoms with Gasteiger partial charge in [-0.05, 0) is 70.0 Å². The van der Waals surface area contributed by atoms with Gasteiger partial charge in [0, 0.05) is 6.54 Å². The van der Waals surface area contributed by atoms with Crippen molar-refractivity contribution in [2.75, 3.05) is 26.7 Å². The first-order valence-corrected chi connectivity index (χ1v) is 9.60. The van der Waals surface area contributed by atoms with Crippen molar-refractivity contribution in [3.8, 4) is 0 Å². The first-order chi connectivity index (χ1) is 9.38. The van der Waals surface area contributed by atoms with Gasteiger partial charge in [-0.15, -0.1) is 0 Å². The van der Waals surface area contributed by atoms with Crippen LogP contribution < -0.4 is 4.72 Å². The molecule has 0 amide bonds. The van der Waals surface area contributed by atoms with Crippen LogP contribution in [0.2, 0.25) is 0 Å². The van der Waals surface area contributed by atoms with E-state index in [1.54, 1.807) is 0 Å². The fourth-order valence-corrected chi connectivity index (χ4v) is 5.11. The van der Waals surface area contributed by atoms with Crippen molar-refractivity contribution < 1.29 is 8.42 Å². The van der Waals surface area contributed by atoms with Crippen LogP contribution in [0.4, 0.5) is 0 Å². The second-order valence-electron chi connectivity index (χ2n) is 7.03. The van der Waals surface area contributed by atoms with Gasteiger partial charge in [0.1, 0.15) is 0 Å². The summed E-state index contributed by atoms with van der Waals surface area (Å²) in [7, 11) is -0.986. The predicted molar refractivity (Wildman–Crippen MR) is 83.1 cm³/mol. The first-order valence-electron chi connectivity index (χ1n) is 8.05. The van der Waals surface area contributed by atoms with Gasteiger partial charge >= 0.3 is 0 Å². The molecular formula is C15H30N2O2S. The number of hydrogen-bond acceptors (Lipinski definition) is 3. The van der Waals surface area contributed by atoms with Gasteiger partial charge in [-0.25, -0.2) is 13.1 Å². The fraction of sp³-hybridized carbons (Fsp3) is 1.00. The van der Waals surface area contributed by atoms with E-state index >= 15 is 0 Å². The summed E-state index contributed by atoms with van der Waals surface area (Å²) in [5.41, 5.74) is 0. The Morgan fingerprint density at radius 1 is 1.05 bits per heavy atom. The molecule has 4 nitrogen and oxygen atoms in total. The molecule has 1 N–H and O–H groups in total. The van der Waals surface area contributed by atoms with Crippen molar-refractivity contribution in [3.63, 3.8) is 0 Å². The minimum atomic E-state index is -3.12. The van der Waals surface area contributed by atoms with Crippen molar-refractivity contribution in [1.82, 2.24) is 9.62 Å². The lowest BCUT2D eigenvalue weighted by atomic mass is 9.81. The molecule has 1 heterocycles. The summed E-state index contributed by atoms with van der Waals surface area (Å²) in [5, 5.41) is -0.167. The summed E-state index contributed by atoms with van der Waals surface area (Å²) in [6.07, 6.45) is 4.91. The number of hydrogen-bond donors (Lipinski definition) is 1. The first kappa shape index (κ1) is 16.2. The van der Waals surface area contributed by atoms with Crippen molar-refractivity contribution >= 4 is 10.0 Å². The molecule has 0 bridgehead atoms. The quantitative estimate of drug-likeness (QED) is 0.865. The van der Waals surface area contributed by atoms with Crippen LogP contribution in [0.5, 0.6) is 0 Å². The fourth-order valence-electron chi connectivity index (χ4n) is 3.40. The van der Waals surface area contributed by atoms with E-state index in [1.165, 1.54) is 0 Å². The molecule has 0 radical (unpaired) electrons. The van der Waals surface area contributed by atoms with Gasteiger partial charge in [-0.1, -0.05) is 13.8 Å². The number of rotatable bonds is 4. The van der Waals surface area contributed by atoms with Crippen molar-refractivity contribution in [2.45, 2.75) is 51.2 Å². The lowest BCUT2D eigenvalue weighted by Gasteiger charge is -2.33. The minimum absolute atomic E-state index is 0.167. The second kappa shape index (κ2) is 6.75. The van der Waals surface area contributed by atoms with E-state index in [0.29, 0.717) is 24.3 Å². The molecule has 0 aromatic carbocycles. The summed E-state index contributed by atoms with van der Waals surface area (Å²) in [6.45, 7) is 7.23. The van der Waals surface area contributed by atoms with E-state index in [9.17, 15) is 8.42 Å². The number of sulfonamides is 1. The van der Waals surface area contributed by atoms with E-state index in [4.69, 9.17) is 0 Å². The Bertz CT molecular complexity index is 402. The highest BCUT2D eigenvalue weighted by molar-refractivity contribution is 7.90. The maximum Gasteiger partial charge on any atom is 0.214 e. The van der Waals surface area contributed by atoms with E-state index < -0.39 is 10.0 Å². The van der Waals surface area contributed by atoms with Crippen LogP contribution in [0.1, 0.15) is 46.0 Å². The molecule has 2 aliphatic rings. The standard InChI is InChI=1S/C15H30N2O2S/c1-12-4-5-15(10-13(12)2)20(18,19)16-11-14-6-8-17(3)9-7-14/h12-16H,4-11H2,1-3H3. The molecule has 3 atom stereocenters. The van der Waals surface area contributed by atoms with Gasteiger partial charge in [0.05, 0.1) is 5.25 Å². The number of piperidine rings is 1. The second-order valence-corrected chi connectivity index (χ2v) is 9.08. The lowest BCUT2D eigenvalue weighted by molar-refractivity contribution is 0.220. The molecule has 1 aliphatic carbocycles. The molecule has 1 aliphatic heterocycles. The highest BCUT2D eigenvalue weighted by Gasteiger charge is 2.33. The smallest absolute Gasteiger partial charge is 0.214 e. The molecule has 0 aromatic heterocycles. The van der Waals surface area contributed by atoms with Crippen LogP contribution in [0.3, 0.4) is 0 Å². The molecule has 2 fully saturated rings. The summed E-state index contributed by atoms with van der Waals surface area (Å²) in [4.78, 5) is 2.31. The Morgan fingerprint density at radius 3 is 2.30 bits per heavy atom. The maximum absolute atomic E-state index is 12.4. The average Bonchev–Trinajstić information content (AvgIpc) is 2.41. The minimum Gasteiger partial charge on any atom is -0.306 e. The third-order valence-electron chi connectivity index (χ3n) is 5.40. The Kier molecular flexibility index (Phi) is 5.49. The zero-order valence-corrected chi connectivity index (χ0v) is 14.0.